The molecule has 0 saturated heterocycles. The van der Waals surface area contributed by atoms with E-state index in [4.69, 9.17) is 5.21 Å². The van der Waals surface area contributed by atoms with Crippen molar-refractivity contribution in [3.63, 3.8) is 0 Å². The lowest BCUT2D eigenvalue weighted by Gasteiger charge is -2.24. The van der Waals surface area contributed by atoms with Crippen molar-refractivity contribution in [1.82, 2.24) is 5.48 Å². The molecule has 0 aliphatic heterocycles. The van der Waals surface area contributed by atoms with E-state index in [2.05, 4.69) is 41.8 Å². The topological polar surface area (TPSA) is 49.3 Å². The molecule has 0 saturated carbocycles. The second kappa shape index (κ2) is 8.71. The third-order valence-electron chi connectivity index (χ3n) is 4.38. The molecule has 0 bridgehead atoms. The number of aryl methyl sites for hydroxylation is 1. The summed E-state index contributed by atoms with van der Waals surface area (Å²) in [5.74, 6) is -0.323. The van der Waals surface area contributed by atoms with Gasteiger partial charge in [-0.2, -0.15) is 0 Å². The normalized spacial score (nSPS) is 13.5. The molecule has 138 valence electrons. The van der Waals surface area contributed by atoms with E-state index in [9.17, 15) is 4.79 Å². The minimum Gasteiger partial charge on any atom is -0.289 e. The summed E-state index contributed by atoms with van der Waals surface area (Å²) in [4.78, 5) is 18.4. The monoisotopic (exact) mass is 423 g/mol. The summed E-state index contributed by atoms with van der Waals surface area (Å²) in [7, 11) is 0. The first kappa shape index (κ1) is 19.6. The predicted molar refractivity (Wildman–Crippen MR) is 116 cm³/mol. The molecule has 1 atom stereocenters. The van der Waals surface area contributed by atoms with E-state index in [0.29, 0.717) is 0 Å². The van der Waals surface area contributed by atoms with Crippen LogP contribution in [0.2, 0.25) is 0 Å². The molecule has 3 aromatic rings. The zero-order valence-corrected chi connectivity index (χ0v) is 17.9. The van der Waals surface area contributed by atoms with Crippen LogP contribution < -0.4 is 5.48 Å². The molecule has 0 aliphatic rings. The number of thioether (sulfide) groups is 1. The molecule has 0 aromatic carbocycles. The Kier molecular flexibility index (Phi) is 6.58. The van der Waals surface area contributed by atoms with Crippen molar-refractivity contribution in [2.24, 2.45) is 0 Å². The fourth-order valence-corrected chi connectivity index (χ4v) is 6.25. The first-order valence-corrected chi connectivity index (χ1v) is 12.0. The van der Waals surface area contributed by atoms with Gasteiger partial charge in [0.15, 0.2) is 0 Å². The van der Waals surface area contributed by atoms with Gasteiger partial charge >= 0.3 is 0 Å². The number of amides is 1. The van der Waals surface area contributed by atoms with Crippen molar-refractivity contribution in [2.45, 2.75) is 30.9 Å². The molecule has 3 heterocycles. The number of nitrogens with one attached hydrogen (secondary N) is 1. The SMILES string of the molecule is CSC(C)(CCCc1ccc(-c2ccc(-c3cccs3)s2)s1)C(=O)NO. The number of rotatable bonds is 8. The smallest absolute Gasteiger partial charge is 0.259 e. The maximum Gasteiger partial charge on any atom is 0.259 e. The van der Waals surface area contributed by atoms with Crippen molar-refractivity contribution in [3.05, 3.63) is 46.7 Å². The number of hydrogen-bond donors (Lipinski definition) is 2. The Hall–Kier alpha value is -1.12. The molecule has 26 heavy (non-hydrogen) atoms. The lowest BCUT2D eigenvalue weighted by atomic mass is 10.0. The van der Waals surface area contributed by atoms with Gasteiger partial charge in [0.1, 0.15) is 0 Å². The number of carbonyl (C=O) groups is 1. The molecule has 0 radical (unpaired) electrons. The molecule has 3 aromatic heterocycles. The second-order valence-corrected chi connectivity index (χ2v) is 10.6. The number of thiophene rings is 3. The minimum absolute atomic E-state index is 0.323. The van der Waals surface area contributed by atoms with Gasteiger partial charge in [-0.1, -0.05) is 6.07 Å². The van der Waals surface area contributed by atoms with Crippen LogP contribution in [0.25, 0.3) is 19.5 Å². The number of hydrogen-bond acceptors (Lipinski definition) is 6. The summed E-state index contributed by atoms with van der Waals surface area (Å²) in [6.07, 6.45) is 4.49. The Morgan fingerprint density at radius 1 is 1.12 bits per heavy atom. The summed E-state index contributed by atoms with van der Waals surface area (Å²) in [6, 6.07) is 13.0. The van der Waals surface area contributed by atoms with Gasteiger partial charge in [-0.05, 0) is 68.2 Å². The van der Waals surface area contributed by atoms with Crippen LogP contribution in [0.5, 0.6) is 0 Å². The lowest BCUT2D eigenvalue weighted by molar-refractivity contribution is -0.131. The zero-order chi connectivity index (χ0) is 18.6. The second-order valence-electron chi connectivity index (χ2n) is 6.14. The summed E-state index contributed by atoms with van der Waals surface area (Å²) in [5, 5.41) is 11.0. The van der Waals surface area contributed by atoms with E-state index in [1.165, 1.54) is 36.1 Å². The highest BCUT2D eigenvalue weighted by Crippen LogP contribution is 2.39. The molecule has 0 spiro atoms. The van der Waals surface area contributed by atoms with Crippen molar-refractivity contribution in [1.29, 1.82) is 0 Å². The van der Waals surface area contributed by atoms with Gasteiger partial charge in [0.2, 0.25) is 0 Å². The van der Waals surface area contributed by atoms with Crippen LogP contribution in [0, 0.1) is 0 Å². The zero-order valence-electron chi connectivity index (χ0n) is 14.7. The summed E-state index contributed by atoms with van der Waals surface area (Å²) in [6.45, 7) is 1.88. The molecule has 3 rings (SSSR count). The van der Waals surface area contributed by atoms with Gasteiger partial charge in [-0.3, -0.25) is 10.0 Å². The van der Waals surface area contributed by atoms with E-state index in [-0.39, 0.29) is 5.91 Å². The summed E-state index contributed by atoms with van der Waals surface area (Å²) >= 11 is 6.91. The lowest BCUT2D eigenvalue weighted by Crippen LogP contribution is -2.40. The Labute approximate surface area is 170 Å². The van der Waals surface area contributed by atoms with Crippen LogP contribution >= 0.6 is 45.8 Å². The summed E-state index contributed by atoms with van der Waals surface area (Å²) in [5.41, 5.74) is 1.79. The van der Waals surface area contributed by atoms with Crippen molar-refractivity contribution >= 4 is 51.7 Å². The van der Waals surface area contributed by atoms with E-state index in [1.807, 2.05) is 35.9 Å². The Balaban J connectivity index is 1.61. The molecule has 1 amide bonds. The molecular formula is C19H21NO2S4. The minimum atomic E-state index is -0.585. The maximum absolute atomic E-state index is 11.8. The molecule has 0 fully saturated rings. The highest BCUT2D eigenvalue weighted by atomic mass is 32.2. The number of carbonyl (C=O) groups excluding carboxylic acids is 1. The van der Waals surface area contributed by atoms with E-state index in [1.54, 1.807) is 16.8 Å². The van der Waals surface area contributed by atoms with Gasteiger partial charge < -0.3 is 0 Å². The van der Waals surface area contributed by atoms with Gasteiger partial charge in [0.25, 0.3) is 5.91 Å². The first-order valence-electron chi connectivity index (χ1n) is 8.28. The first-order chi connectivity index (χ1) is 12.6. The van der Waals surface area contributed by atoms with Crippen LogP contribution in [0.3, 0.4) is 0 Å². The highest BCUT2D eigenvalue weighted by Gasteiger charge is 2.31. The molecule has 3 nitrogen and oxygen atoms in total. The van der Waals surface area contributed by atoms with Crippen LogP contribution in [0.15, 0.2) is 41.8 Å². The molecule has 0 aliphatic carbocycles. The van der Waals surface area contributed by atoms with Crippen LogP contribution in [0.1, 0.15) is 24.6 Å². The van der Waals surface area contributed by atoms with Crippen LogP contribution in [-0.4, -0.2) is 22.1 Å². The quantitative estimate of drug-likeness (QED) is 0.337. The molecule has 2 N–H and O–H groups in total. The average Bonchev–Trinajstić information content (AvgIpc) is 3.40. The molecular weight excluding hydrogens is 402 g/mol. The van der Waals surface area contributed by atoms with Crippen LogP contribution in [0.4, 0.5) is 0 Å². The van der Waals surface area contributed by atoms with E-state index < -0.39 is 4.75 Å². The van der Waals surface area contributed by atoms with E-state index >= 15 is 0 Å². The Morgan fingerprint density at radius 3 is 2.46 bits per heavy atom. The third-order valence-corrected chi connectivity index (χ3v) is 9.17. The third kappa shape index (κ3) is 4.40. The van der Waals surface area contributed by atoms with Gasteiger partial charge in [0, 0.05) is 24.4 Å². The fraction of sp³-hybridized carbons (Fsp3) is 0.316. The van der Waals surface area contributed by atoms with Gasteiger partial charge in [-0.25, -0.2) is 5.48 Å². The maximum atomic E-state index is 11.8. The molecule has 1 unspecified atom stereocenters. The van der Waals surface area contributed by atoms with Crippen molar-refractivity contribution in [2.75, 3.05) is 6.26 Å². The predicted octanol–water partition coefficient (Wildman–Crippen LogP) is 6.15. The van der Waals surface area contributed by atoms with Crippen molar-refractivity contribution < 1.29 is 10.0 Å². The number of hydroxylamine groups is 1. The van der Waals surface area contributed by atoms with Gasteiger partial charge in [-0.15, -0.1) is 45.8 Å². The Morgan fingerprint density at radius 2 is 1.81 bits per heavy atom. The highest BCUT2D eigenvalue weighted by molar-refractivity contribution is 8.00. The molecule has 7 heteroatoms. The van der Waals surface area contributed by atoms with Gasteiger partial charge in [0.05, 0.1) is 4.75 Å². The largest absolute Gasteiger partial charge is 0.289 e. The Bertz CT molecular complexity index is 853. The fourth-order valence-electron chi connectivity index (χ4n) is 2.69. The standard InChI is InChI=1S/C19H21NO2S4/c1-19(23-2,18(21)20-22)11-3-5-13-7-8-16(25-13)17-10-9-15(26-17)14-6-4-12-24-14/h4,6-10,12,22H,3,5,11H2,1-2H3,(H,20,21). The van der Waals surface area contributed by atoms with Crippen molar-refractivity contribution in [3.8, 4) is 19.5 Å². The summed E-state index contributed by atoms with van der Waals surface area (Å²) < 4.78 is -0.585. The average molecular weight is 424 g/mol. The van der Waals surface area contributed by atoms with E-state index in [0.717, 1.165) is 19.3 Å². The van der Waals surface area contributed by atoms with Crippen LogP contribution in [-0.2, 0) is 11.2 Å².